The number of nitrogens with zero attached hydrogens (tertiary/aromatic N) is 2. The molecule has 1 N–H and O–H groups in total. The average Bonchev–Trinajstić information content (AvgIpc) is 2.90. The summed E-state index contributed by atoms with van der Waals surface area (Å²) in [7, 11) is -2.31. The van der Waals surface area contributed by atoms with E-state index in [0.717, 1.165) is 16.1 Å². The third-order valence-electron chi connectivity index (χ3n) is 6.13. The first kappa shape index (κ1) is 30.4. The topological polar surface area (TPSA) is 86.8 Å². The van der Waals surface area contributed by atoms with Crippen molar-refractivity contribution in [2.24, 2.45) is 0 Å². The Bertz CT molecular complexity index is 1410. The molecule has 3 rings (SSSR count). The molecule has 0 aromatic heterocycles. The van der Waals surface area contributed by atoms with Crippen molar-refractivity contribution in [2.75, 3.05) is 24.2 Å². The smallest absolute Gasteiger partial charge is 0.242 e. The van der Waals surface area contributed by atoms with Crippen LogP contribution in [0.2, 0.25) is 10.0 Å². The number of benzene rings is 3. The van der Waals surface area contributed by atoms with Gasteiger partial charge in [-0.2, -0.15) is 0 Å². The first-order valence-corrected chi connectivity index (χ1v) is 14.8. The van der Waals surface area contributed by atoms with E-state index in [1.54, 1.807) is 18.2 Å². The molecule has 0 aliphatic heterocycles. The van der Waals surface area contributed by atoms with E-state index in [-0.39, 0.29) is 49.9 Å². The average molecular weight is 595 g/mol. The molecule has 3 aromatic rings. The molecule has 0 heterocycles. The molecule has 0 saturated carbocycles. The van der Waals surface area contributed by atoms with Gasteiger partial charge < -0.3 is 10.2 Å². The molecule has 0 aliphatic rings. The monoisotopic (exact) mass is 593 g/mol. The van der Waals surface area contributed by atoms with Crippen LogP contribution in [0.4, 0.5) is 10.1 Å². The van der Waals surface area contributed by atoms with Crippen LogP contribution in [0.1, 0.15) is 24.0 Å². The van der Waals surface area contributed by atoms with Crippen LogP contribution in [0, 0.1) is 5.82 Å². The molecule has 2 amide bonds. The lowest BCUT2D eigenvalue weighted by Crippen LogP contribution is -2.49. The zero-order valence-corrected chi connectivity index (χ0v) is 23.9. The fourth-order valence-electron chi connectivity index (χ4n) is 4.19. The van der Waals surface area contributed by atoms with Gasteiger partial charge in [0.1, 0.15) is 11.9 Å². The first-order chi connectivity index (χ1) is 18.5. The Hall–Kier alpha value is -3.14. The van der Waals surface area contributed by atoms with Crippen molar-refractivity contribution in [3.05, 3.63) is 99.8 Å². The van der Waals surface area contributed by atoms with Crippen LogP contribution in [-0.4, -0.2) is 51.0 Å². The Morgan fingerprint density at radius 2 is 1.62 bits per heavy atom. The normalized spacial score (nSPS) is 12.0. The van der Waals surface area contributed by atoms with E-state index in [9.17, 15) is 22.4 Å². The van der Waals surface area contributed by atoms with Crippen molar-refractivity contribution in [1.29, 1.82) is 0 Å². The number of sulfonamides is 1. The summed E-state index contributed by atoms with van der Waals surface area (Å²) in [5.74, 6) is -1.40. The van der Waals surface area contributed by atoms with E-state index >= 15 is 0 Å². The lowest BCUT2D eigenvalue weighted by atomic mass is 10.0. The Kier molecular flexibility index (Phi) is 10.7. The summed E-state index contributed by atoms with van der Waals surface area (Å²) in [5, 5.41) is 3.31. The highest BCUT2D eigenvalue weighted by Gasteiger charge is 2.30. The van der Waals surface area contributed by atoms with Gasteiger partial charge in [0.2, 0.25) is 21.8 Å². The lowest BCUT2D eigenvalue weighted by Gasteiger charge is -2.31. The molecular formula is C28H30Cl2FN3O4S. The number of nitrogens with one attached hydrogen (secondary N) is 1. The van der Waals surface area contributed by atoms with E-state index in [2.05, 4.69) is 5.32 Å². The highest BCUT2D eigenvalue weighted by Crippen LogP contribution is 2.25. The van der Waals surface area contributed by atoms with Crippen molar-refractivity contribution in [1.82, 2.24) is 10.2 Å². The third kappa shape index (κ3) is 8.42. The van der Waals surface area contributed by atoms with Crippen LogP contribution in [0.25, 0.3) is 0 Å². The minimum atomic E-state index is -3.81. The summed E-state index contributed by atoms with van der Waals surface area (Å²) >= 11 is 12.3. The van der Waals surface area contributed by atoms with Crippen molar-refractivity contribution in [2.45, 2.75) is 31.8 Å². The van der Waals surface area contributed by atoms with Gasteiger partial charge in [0.15, 0.2) is 0 Å². The molecular weight excluding hydrogens is 564 g/mol. The van der Waals surface area contributed by atoms with Gasteiger partial charge in [0.05, 0.1) is 22.0 Å². The molecule has 208 valence electrons. The van der Waals surface area contributed by atoms with Gasteiger partial charge in [0.25, 0.3) is 0 Å². The Balaban J connectivity index is 1.87. The molecule has 11 heteroatoms. The summed E-state index contributed by atoms with van der Waals surface area (Å²) in [5.41, 5.74) is 1.44. The second kappa shape index (κ2) is 13.8. The third-order valence-corrected chi connectivity index (χ3v) is 8.05. The quantitative estimate of drug-likeness (QED) is 0.318. The van der Waals surface area contributed by atoms with Crippen LogP contribution in [0.15, 0.2) is 72.8 Å². The predicted molar refractivity (Wildman–Crippen MR) is 153 cm³/mol. The number of anilines is 1. The molecule has 1 atom stereocenters. The maximum absolute atomic E-state index is 14.4. The van der Waals surface area contributed by atoms with E-state index in [4.69, 9.17) is 23.2 Å². The number of hydrogen-bond donors (Lipinski definition) is 1. The maximum Gasteiger partial charge on any atom is 0.242 e. The van der Waals surface area contributed by atoms with E-state index in [1.165, 1.54) is 36.2 Å². The molecule has 0 saturated heterocycles. The number of rotatable bonds is 12. The van der Waals surface area contributed by atoms with Gasteiger partial charge in [-0.25, -0.2) is 12.8 Å². The van der Waals surface area contributed by atoms with Crippen LogP contribution < -0.4 is 9.62 Å². The molecule has 0 unspecified atom stereocenters. The Morgan fingerprint density at radius 3 is 2.23 bits per heavy atom. The Labute approximate surface area is 238 Å². The summed E-state index contributed by atoms with van der Waals surface area (Å²) in [6.45, 7) is -0.0425. The largest absolute Gasteiger partial charge is 0.357 e. The maximum atomic E-state index is 14.4. The second-order valence-corrected chi connectivity index (χ2v) is 11.7. The van der Waals surface area contributed by atoms with Crippen LogP contribution in [-0.2, 0) is 32.6 Å². The minimum Gasteiger partial charge on any atom is -0.357 e. The number of halogens is 3. The van der Waals surface area contributed by atoms with Gasteiger partial charge in [-0.1, -0.05) is 71.7 Å². The van der Waals surface area contributed by atoms with E-state index < -0.39 is 21.9 Å². The van der Waals surface area contributed by atoms with E-state index in [0.29, 0.717) is 15.6 Å². The molecule has 0 aliphatic carbocycles. The number of carbonyl (C=O) groups excluding carboxylic acids is 2. The zero-order valence-electron chi connectivity index (χ0n) is 21.6. The molecule has 0 spiro atoms. The number of amides is 2. The fraction of sp³-hybridized carbons (Fsp3) is 0.286. The van der Waals surface area contributed by atoms with Gasteiger partial charge in [-0.3, -0.25) is 13.9 Å². The standard InChI is InChI=1S/C28H30Cl2FN3O4S/c1-32-28(36)26(18-20-9-4-3-5-10-20)33(19-21-14-15-22(29)23(30)17-21)27(35)13-8-16-34(39(2,37)38)25-12-7-6-11-24(25)31/h3-7,9-12,14-15,17,26H,8,13,16,18-19H2,1-2H3,(H,32,36)/t26-/m1/s1. The SMILES string of the molecule is CNC(=O)[C@@H](Cc1ccccc1)N(Cc1ccc(Cl)c(Cl)c1)C(=O)CCCN(c1ccccc1F)S(C)(=O)=O. The van der Waals surface area contributed by atoms with E-state index in [1.807, 2.05) is 30.3 Å². The summed E-state index contributed by atoms with van der Waals surface area (Å²) < 4.78 is 40.2. The summed E-state index contributed by atoms with van der Waals surface area (Å²) in [6.07, 6.45) is 1.27. The van der Waals surface area contributed by atoms with Gasteiger partial charge >= 0.3 is 0 Å². The molecule has 3 aromatic carbocycles. The summed E-state index contributed by atoms with van der Waals surface area (Å²) in [4.78, 5) is 28.1. The highest BCUT2D eigenvalue weighted by atomic mass is 35.5. The van der Waals surface area contributed by atoms with Crippen molar-refractivity contribution in [3.8, 4) is 0 Å². The van der Waals surface area contributed by atoms with Gasteiger partial charge in [0, 0.05) is 33.0 Å². The summed E-state index contributed by atoms with van der Waals surface area (Å²) in [6, 6.07) is 19.0. The zero-order chi connectivity index (χ0) is 28.6. The molecule has 7 nitrogen and oxygen atoms in total. The minimum absolute atomic E-state index is 0.0732. The van der Waals surface area contributed by atoms with Crippen LogP contribution in [0.5, 0.6) is 0 Å². The van der Waals surface area contributed by atoms with Crippen LogP contribution in [0.3, 0.4) is 0 Å². The lowest BCUT2D eigenvalue weighted by molar-refractivity contribution is -0.141. The predicted octanol–water partition coefficient (Wildman–Crippen LogP) is 5.06. The van der Waals surface area contributed by atoms with Crippen molar-refractivity contribution < 1.29 is 22.4 Å². The molecule has 0 fully saturated rings. The molecule has 39 heavy (non-hydrogen) atoms. The van der Waals surface area contributed by atoms with Gasteiger partial charge in [-0.15, -0.1) is 0 Å². The number of para-hydroxylation sites is 1. The first-order valence-electron chi connectivity index (χ1n) is 12.2. The number of likely N-dealkylation sites (N-methyl/N-ethyl adjacent to an activating group) is 1. The van der Waals surface area contributed by atoms with Crippen molar-refractivity contribution >= 4 is 50.7 Å². The fourth-order valence-corrected chi connectivity index (χ4v) is 5.48. The number of hydrogen-bond acceptors (Lipinski definition) is 4. The van der Waals surface area contributed by atoms with Gasteiger partial charge in [-0.05, 0) is 41.8 Å². The molecule has 0 radical (unpaired) electrons. The van der Waals surface area contributed by atoms with Crippen LogP contribution >= 0.6 is 23.2 Å². The highest BCUT2D eigenvalue weighted by molar-refractivity contribution is 7.92. The second-order valence-electron chi connectivity index (χ2n) is 8.98. The number of carbonyl (C=O) groups is 2. The molecule has 0 bridgehead atoms. The van der Waals surface area contributed by atoms with Crippen molar-refractivity contribution in [3.63, 3.8) is 0 Å². The Morgan fingerprint density at radius 1 is 0.949 bits per heavy atom.